The molecule has 2 aromatic rings. The molecule has 35 heavy (non-hydrogen) atoms. The summed E-state index contributed by atoms with van der Waals surface area (Å²) in [5.41, 5.74) is 7.62. The normalized spacial score (nSPS) is 17.1. The number of allylic oxidation sites excluding steroid dienone is 1. The number of hydrogen-bond donors (Lipinski definition) is 2. The van der Waals surface area contributed by atoms with E-state index in [4.69, 9.17) is 4.84 Å². The Labute approximate surface area is 203 Å². The molecule has 5 rings (SSSR count). The lowest BCUT2D eigenvalue weighted by Crippen LogP contribution is -2.37. The molecule has 0 radical (unpaired) electrons. The van der Waals surface area contributed by atoms with Gasteiger partial charge in [0.25, 0.3) is 11.8 Å². The largest absolute Gasteiger partial charge is 0.436 e. The minimum atomic E-state index is -0.883. The Balaban J connectivity index is 1.63. The van der Waals surface area contributed by atoms with Crippen LogP contribution < -0.4 is 10.6 Å². The lowest BCUT2D eigenvalue weighted by atomic mass is 9.78. The van der Waals surface area contributed by atoms with Crippen LogP contribution in [-0.4, -0.2) is 28.9 Å². The maximum absolute atomic E-state index is 12.8. The van der Waals surface area contributed by atoms with E-state index in [9.17, 15) is 19.2 Å². The van der Waals surface area contributed by atoms with E-state index >= 15 is 0 Å². The number of imide groups is 1. The van der Waals surface area contributed by atoms with E-state index in [1.165, 1.54) is 18.1 Å². The van der Waals surface area contributed by atoms with Gasteiger partial charge in [-0.2, -0.15) is 0 Å². The van der Waals surface area contributed by atoms with Crippen LogP contribution in [0.5, 0.6) is 0 Å². The molecular weight excluding hydrogens is 446 g/mol. The number of aryl methyl sites for hydroxylation is 2. The zero-order valence-corrected chi connectivity index (χ0v) is 19.6. The molecule has 1 heterocycles. The van der Waals surface area contributed by atoms with Crippen LogP contribution in [0.25, 0.3) is 5.57 Å². The van der Waals surface area contributed by atoms with Crippen molar-refractivity contribution in [2.24, 2.45) is 0 Å². The van der Waals surface area contributed by atoms with E-state index in [0.29, 0.717) is 29.3 Å². The van der Waals surface area contributed by atoms with Crippen molar-refractivity contribution in [1.82, 2.24) is 10.4 Å². The lowest BCUT2D eigenvalue weighted by molar-refractivity contribution is -0.171. The molecule has 8 heteroatoms. The summed E-state index contributed by atoms with van der Waals surface area (Å²) in [6.45, 7) is 1.48. The maximum atomic E-state index is 12.8. The van der Waals surface area contributed by atoms with Crippen molar-refractivity contribution in [3.63, 3.8) is 0 Å². The van der Waals surface area contributed by atoms with Gasteiger partial charge in [-0.15, -0.1) is 5.06 Å². The van der Waals surface area contributed by atoms with Gasteiger partial charge in [0.2, 0.25) is 5.91 Å². The van der Waals surface area contributed by atoms with Gasteiger partial charge >= 0.3 is 6.09 Å². The predicted molar refractivity (Wildman–Crippen MR) is 129 cm³/mol. The Bertz CT molecular complexity index is 1260. The third kappa shape index (κ3) is 4.43. The summed E-state index contributed by atoms with van der Waals surface area (Å²) in [4.78, 5) is 53.8. The molecule has 2 N–H and O–H groups in total. The highest BCUT2D eigenvalue weighted by atomic mass is 16.7. The summed E-state index contributed by atoms with van der Waals surface area (Å²) in [5, 5.41) is 6.35. The van der Waals surface area contributed by atoms with Gasteiger partial charge in [-0.05, 0) is 66.8 Å². The Hall–Kier alpha value is -3.94. The smallest absolute Gasteiger partial charge is 0.326 e. The van der Waals surface area contributed by atoms with Crippen LogP contribution in [0, 0.1) is 0 Å². The highest BCUT2D eigenvalue weighted by Gasteiger charge is 2.34. The molecule has 0 saturated carbocycles. The molecule has 0 aromatic heterocycles. The number of carbonyl (C=O) groups is 4. The van der Waals surface area contributed by atoms with Crippen molar-refractivity contribution in [3.8, 4) is 0 Å². The highest BCUT2D eigenvalue weighted by molar-refractivity contribution is 6.02. The summed E-state index contributed by atoms with van der Waals surface area (Å²) >= 11 is 0. The number of fused-ring (bicyclic) bond motifs is 2. The lowest BCUT2D eigenvalue weighted by Gasteiger charge is -2.29. The molecule has 8 nitrogen and oxygen atoms in total. The van der Waals surface area contributed by atoms with E-state index in [1.54, 1.807) is 0 Å². The maximum Gasteiger partial charge on any atom is 0.436 e. The Morgan fingerprint density at radius 2 is 1.57 bits per heavy atom. The van der Waals surface area contributed by atoms with Crippen LogP contribution in [0.4, 0.5) is 10.5 Å². The summed E-state index contributed by atoms with van der Waals surface area (Å²) in [7, 11) is 0. The molecule has 1 aliphatic heterocycles. The monoisotopic (exact) mass is 473 g/mol. The number of nitrogens with zero attached hydrogens (tertiary/aromatic N) is 1. The first-order valence-electron chi connectivity index (χ1n) is 12.0. The zero-order chi connectivity index (χ0) is 24.5. The van der Waals surface area contributed by atoms with Crippen LogP contribution >= 0.6 is 0 Å². The molecule has 2 aromatic carbocycles. The zero-order valence-electron chi connectivity index (χ0n) is 19.6. The SMILES string of the molecule is CC(=O)Nc1ccc2c(c1C1=C(NC(=O)ON3C(=O)CCC3=O)CCc3ccccc31)CCCC2. The summed E-state index contributed by atoms with van der Waals surface area (Å²) < 4.78 is 0. The fraction of sp³-hybridized carbons (Fsp3) is 0.333. The molecule has 0 bridgehead atoms. The number of hydroxylamine groups is 2. The third-order valence-electron chi connectivity index (χ3n) is 6.76. The second-order valence-corrected chi connectivity index (χ2v) is 9.11. The highest BCUT2D eigenvalue weighted by Crippen LogP contribution is 2.42. The molecule has 1 saturated heterocycles. The van der Waals surface area contributed by atoms with Gasteiger partial charge in [-0.3, -0.25) is 19.7 Å². The molecular formula is C27H27N3O5. The second-order valence-electron chi connectivity index (χ2n) is 9.11. The number of anilines is 1. The fourth-order valence-electron chi connectivity index (χ4n) is 5.23. The summed E-state index contributed by atoms with van der Waals surface area (Å²) in [5.74, 6) is -1.23. The van der Waals surface area contributed by atoms with Gasteiger partial charge in [0.15, 0.2) is 0 Å². The van der Waals surface area contributed by atoms with E-state index in [2.05, 4.69) is 22.8 Å². The van der Waals surface area contributed by atoms with Crippen LogP contribution in [0.2, 0.25) is 0 Å². The third-order valence-corrected chi connectivity index (χ3v) is 6.76. The molecule has 180 valence electrons. The number of amides is 4. The molecule has 4 amide bonds. The Morgan fingerprint density at radius 3 is 2.34 bits per heavy atom. The molecule has 3 aliphatic rings. The minimum Gasteiger partial charge on any atom is -0.326 e. The first-order chi connectivity index (χ1) is 16.9. The first-order valence-corrected chi connectivity index (χ1v) is 12.0. The van der Waals surface area contributed by atoms with E-state index in [1.807, 2.05) is 24.3 Å². The van der Waals surface area contributed by atoms with Gasteiger partial charge in [0.1, 0.15) is 0 Å². The van der Waals surface area contributed by atoms with Crippen LogP contribution in [-0.2, 0) is 38.5 Å². The van der Waals surface area contributed by atoms with Crippen molar-refractivity contribution in [3.05, 3.63) is 69.9 Å². The van der Waals surface area contributed by atoms with Crippen molar-refractivity contribution in [2.75, 3.05) is 5.32 Å². The summed E-state index contributed by atoms with van der Waals surface area (Å²) in [6.07, 6.45) is 4.41. The van der Waals surface area contributed by atoms with E-state index < -0.39 is 17.9 Å². The minimum absolute atomic E-state index is 0.0314. The number of nitrogens with one attached hydrogen (secondary N) is 2. The van der Waals surface area contributed by atoms with Crippen LogP contribution in [0.15, 0.2) is 42.1 Å². The molecule has 0 spiro atoms. The fourth-order valence-corrected chi connectivity index (χ4v) is 5.23. The van der Waals surface area contributed by atoms with Gasteiger partial charge in [-0.25, -0.2) is 4.79 Å². The van der Waals surface area contributed by atoms with Crippen molar-refractivity contribution in [1.29, 1.82) is 0 Å². The van der Waals surface area contributed by atoms with Gasteiger partial charge in [-0.1, -0.05) is 30.3 Å². The molecule has 0 atom stereocenters. The van der Waals surface area contributed by atoms with Crippen LogP contribution in [0.3, 0.4) is 0 Å². The molecule has 0 unspecified atom stereocenters. The van der Waals surface area contributed by atoms with Gasteiger partial charge in [0.05, 0.1) is 0 Å². The average Bonchev–Trinajstić information content (AvgIpc) is 3.16. The molecule has 1 fully saturated rings. The van der Waals surface area contributed by atoms with Crippen LogP contribution in [0.1, 0.15) is 66.8 Å². The second kappa shape index (κ2) is 9.37. The van der Waals surface area contributed by atoms with Crippen molar-refractivity contribution >= 4 is 35.1 Å². The predicted octanol–water partition coefficient (Wildman–Crippen LogP) is 4.02. The first kappa shape index (κ1) is 22.8. The summed E-state index contributed by atoms with van der Waals surface area (Å²) in [6, 6.07) is 12.0. The number of hydrogen-bond acceptors (Lipinski definition) is 5. The van der Waals surface area contributed by atoms with Gasteiger partial charge in [0, 0.05) is 42.3 Å². The van der Waals surface area contributed by atoms with Crippen molar-refractivity contribution in [2.45, 2.75) is 58.3 Å². The number of benzene rings is 2. The van der Waals surface area contributed by atoms with Gasteiger partial charge < -0.3 is 10.2 Å². The molecule has 2 aliphatic carbocycles. The number of carbonyl (C=O) groups excluding carboxylic acids is 4. The Kier molecular flexibility index (Phi) is 6.11. The quantitative estimate of drug-likeness (QED) is 0.653. The van der Waals surface area contributed by atoms with E-state index in [-0.39, 0.29) is 18.7 Å². The standard InChI is InChI=1S/C27H27N3O5/c1-16(31)28-21-12-10-17-6-2-4-8-19(17)25(21)26-20-9-5-3-7-18(20)11-13-22(26)29-27(34)35-30-23(32)14-15-24(30)33/h3,5,7,9-10,12H,2,4,6,8,11,13-15H2,1H3,(H,28,31)(H,29,34). The topological polar surface area (TPSA) is 105 Å². The Morgan fingerprint density at radius 1 is 0.829 bits per heavy atom. The average molecular weight is 474 g/mol. The number of rotatable bonds is 4. The van der Waals surface area contributed by atoms with E-state index in [0.717, 1.165) is 47.9 Å². The van der Waals surface area contributed by atoms with Crippen molar-refractivity contribution < 1.29 is 24.0 Å².